The van der Waals surface area contributed by atoms with Crippen molar-refractivity contribution in [1.82, 2.24) is 25.1 Å². The lowest BCUT2D eigenvalue weighted by Crippen LogP contribution is -2.22. The molecule has 2 heterocycles. The van der Waals surface area contributed by atoms with Crippen molar-refractivity contribution in [2.45, 2.75) is 25.3 Å². The Hall–Kier alpha value is -1.70. The van der Waals surface area contributed by atoms with Gasteiger partial charge in [0.2, 0.25) is 4.96 Å². The second-order valence-corrected chi connectivity index (χ2v) is 7.19. The van der Waals surface area contributed by atoms with Gasteiger partial charge in [-0.1, -0.05) is 34.5 Å². The number of aromatic nitrogens is 4. The van der Waals surface area contributed by atoms with E-state index >= 15 is 0 Å². The summed E-state index contributed by atoms with van der Waals surface area (Å²) in [4.78, 5) is 12.9. The van der Waals surface area contributed by atoms with Crippen LogP contribution in [0.15, 0.2) is 18.2 Å². The largest absolute Gasteiger partial charge is 0.345 e. The number of nitrogens with zero attached hydrogens (tertiary/aromatic N) is 4. The summed E-state index contributed by atoms with van der Waals surface area (Å²) in [5, 5.41) is 17.2. The smallest absolute Gasteiger partial charge is 0.251 e. The van der Waals surface area contributed by atoms with Gasteiger partial charge in [0, 0.05) is 11.5 Å². The van der Waals surface area contributed by atoms with E-state index in [0.717, 1.165) is 28.6 Å². The molecule has 1 aromatic carbocycles. The maximum absolute atomic E-state index is 12.1. The van der Waals surface area contributed by atoms with Crippen LogP contribution in [0, 0.1) is 0 Å². The average Bonchev–Trinajstić information content (AvgIpc) is 3.17. The lowest BCUT2D eigenvalue weighted by Gasteiger charge is -2.04. The van der Waals surface area contributed by atoms with E-state index in [4.69, 9.17) is 23.2 Å². The molecule has 0 saturated heterocycles. The fourth-order valence-corrected chi connectivity index (χ4v) is 3.31. The van der Waals surface area contributed by atoms with Crippen LogP contribution in [-0.2, 0) is 6.54 Å². The maximum atomic E-state index is 12.1. The van der Waals surface area contributed by atoms with Gasteiger partial charge >= 0.3 is 0 Å². The van der Waals surface area contributed by atoms with Crippen LogP contribution in [-0.4, -0.2) is 25.7 Å². The summed E-state index contributed by atoms with van der Waals surface area (Å²) in [7, 11) is 0. The fraction of sp³-hybridized carbons (Fsp3) is 0.286. The molecule has 0 radical (unpaired) electrons. The van der Waals surface area contributed by atoms with Gasteiger partial charge in [0.1, 0.15) is 5.01 Å². The van der Waals surface area contributed by atoms with Crippen molar-refractivity contribution in [3.05, 3.63) is 44.6 Å². The van der Waals surface area contributed by atoms with Crippen molar-refractivity contribution in [3.8, 4) is 0 Å². The van der Waals surface area contributed by atoms with Crippen LogP contribution >= 0.6 is 34.5 Å². The highest BCUT2D eigenvalue weighted by Gasteiger charge is 2.30. The summed E-state index contributed by atoms with van der Waals surface area (Å²) in [6.45, 7) is 0.331. The molecule has 1 aliphatic carbocycles. The third-order valence-corrected chi connectivity index (χ3v) is 5.22. The Bertz CT molecular complexity index is 902. The number of halogens is 2. The first-order valence-corrected chi connectivity index (χ1v) is 8.63. The zero-order chi connectivity index (χ0) is 16.0. The van der Waals surface area contributed by atoms with E-state index in [9.17, 15) is 4.79 Å². The molecule has 1 amide bonds. The summed E-state index contributed by atoms with van der Waals surface area (Å²) in [6, 6.07) is 4.78. The number of amides is 1. The van der Waals surface area contributed by atoms with E-state index in [1.807, 2.05) is 0 Å². The van der Waals surface area contributed by atoms with E-state index < -0.39 is 0 Å². The molecule has 1 saturated carbocycles. The van der Waals surface area contributed by atoms with E-state index in [0.29, 0.717) is 28.1 Å². The second-order valence-electron chi connectivity index (χ2n) is 5.33. The summed E-state index contributed by atoms with van der Waals surface area (Å²) >= 11 is 13.2. The lowest BCUT2D eigenvalue weighted by atomic mass is 10.2. The van der Waals surface area contributed by atoms with Gasteiger partial charge in [0.25, 0.3) is 5.91 Å². The minimum atomic E-state index is -0.225. The predicted molar refractivity (Wildman–Crippen MR) is 88.3 cm³/mol. The molecule has 3 aromatic rings. The van der Waals surface area contributed by atoms with Gasteiger partial charge < -0.3 is 5.32 Å². The predicted octanol–water partition coefficient (Wildman–Crippen LogP) is 3.30. The van der Waals surface area contributed by atoms with Crippen LogP contribution in [0.1, 0.15) is 39.9 Å². The number of nitrogens with one attached hydrogen (secondary N) is 1. The summed E-state index contributed by atoms with van der Waals surface area (Å²) in [5.41, 5.74) is 0.459. The van der Waals surface area contributed by atoms with Crippen molar-refractivity contribution < 1.29 is 4.79 Å². The Labute approximate surface area is 145 Å². The molecule has 0 unspecified atom stereocenters. The average molecular weight is 368 g/mol. The van der Waals surface area contributed by atoms with Gasteiger partial charge in [0.05, 0.1) is 16.6 Å². The quantitative estimate of drug-likeness (QED) is 0.767. The zero-order valence-electron chi connectivity index (χ0n) is 11.8. The molecule has 4 rings (SSSR count). The van der Waals surface area contributed by atoms with E-state index in [-0.39, 0.29) is 5.91 Å². The molecule has 0 spiro atoms. The first-order chi connectivity index (χ1) is 11.1. The lowest BCUT2D eigenvalue weighted by molar-refractivity contribution is 0.0951. The van der Waals surface area contributed by atoms with Crippen LogP contribution in [0.4, 0.5) is 0 Å². The molecule has 2 aromatic heterocycles. The number of carbonyl (C=O) groups is 1. The Balaban J connectivity index is 1.47. The molecule has 23 heavy (non-hydrogen) atoms. The number of carbonyl (C=O) groups excluding carboxylic acids is 1. The van der Waals surface area contributed by atoms with Crippen LogP contribution < -0.4 is 5.32 Å². The Morgan fingerprint density at radius 3 is 2.87 bits per heavy atom. The van der Waals surface area contributed by atoms with Gasteiger partial charge in [-0.25, -0.2) is 0 Å². The van der Waals surface area contributed by atoms with Gasteiger partial charge in [0.15, 0.2) is 5.82 Å². The van der Waals surface area contributed by atoms with Crippen molar-refractivity contribution in [3.63, 3.8) is 0 Å². The van der Waals surface area contributed by atoms with Crippen LogP contribution in [0.5, 0.6) is 0 Å². The molecule has 1 aliphatic rings. The monoisotopic (exact) mass is 367 g/mol. The highest BCUT2D eigenvalue weighted by Crippen LogP contribution is 2.39. The SMILES string of the molecule is O=C(NCc1nn2c(C3CC3)nnc2s1)c1ccc(Cl)c(Cl)c1. The molecule has 6 nitrogen and oxygen atoms in total. The first kappa shape index (κ1) is 14.9. The number of hydrogen-bond acceptors (Lipinski definition) is 5. The highest BCUT2D eigenvalue weighted by atomic mass is 35.5. The Morgan fingerprint density at radius 2 is 2.13 bits per heavy atom. The zero-order valence-corrected chi connectivity index (χ0v) is 14.1. The number of rotatable bonds is 4. The molecule has 0 aliphatic heterocycles. The van der Waals surface area contributed by atoms with E-state index in [1.54, 1.807) is 22.7 Å². The minimum Gasteiger partial charge on any atom is -0.345 e. The second kappa shape index (κ2) is 5.74. The number of benzene rings is 1. The number of fused-ring (bicyclic) bond motifs is 1. The van der Waals surface area contributed by atoms with Crippen LogP contribution in [0.3, 0.4) is 0 Å². The normalized spacial score (nSPS) is 14.3. The minimum absolute atomic E-state index is 0.225. The summed E-state index contributed by atoms with van der Waals surface area (Å²) < 4.78 is 1.78. The molecule has 0 atom stereocenters. The van der Waals surface area contributed by atoms with Gasteiger partial charge in [-0.2, -0.15) is 9.61 Å². The topological polar surface area (TPSA) is 72.2 Å². The van der Waals surface area contributed by atoms with Gasteiger partial charge in [-0.05, 0) is 31.0 Å². The Morgan fingerprint density at radius 1 is 1.30 bits per heavy atom. The van der Waals surface area contributed by atoms with E-state index in [2.05, 4.69) is 20.6 Å². The molecular formula is C14H11Cl2N5OS. The third-order valence-electron chi connectivity index (χ3n) is 3.58. The fourth-order valence-electron chi connectivity index (χ4n) is 2.23. The molecule has 118 valence electrons. The highest BCUT2D eigenvalue weighted by molar-refractivity contribution is 7.16. The molecule has 1 fully saturated rings. The number of hydrogen-bond donors (Lipinski definition) is 1. The molecule has 1 N–H and O–H groups in total. The maximum Gasteiger partial charge on any atom is 0.251 e. The molecular weight excluding hydrogens is 357 g/mol. The first-order valence-electron chi connectivity index (χ1n) is 7.06. The summed E-state index contributed by atoms with van der Waals surface area (Å²) in [5.74, 6) is 1.17. The molecule has 0 bridgehead atoms. The Kier molecular flexibility index (Phi) is 3.71. The van der Waals surface area contributed by atoms with Crippen LogP contribution in [0.2, 0.25) is 10.0 Å². The third kappa shape index (κ3) is 2.91. The van der Waals surface area contributed by atoms with Crippen molar-refractivity contribution >= 4 is 45.4 Å². The van der Waals surface area contributed by atoms with Gasteiger partial charge in [-0.15, -0.1) is 10.2 Å². The summed E-state index contributed by atoms with van der Waals surface area (Å²) in [6.07, 6.45) is 2.28. The van der Waals surface area contributed by atoms with Crippen molar-refractivity contribution in [2.24, 2.45) is 0 Å². The van der Waals surface area contributed by atoms with Gasteiger partial charge in [-0.3, -0.25) is 4.79 Å². The van der Waals surface area contributed by atoms with Crippen molar-refractivity contribution in [2.75, 3.05) is 0 Å². The van der Waals surface area contributed by atoms with Crippen molar-refractivity contribution in [1.29, 1.82) is 0 Å². The van der Waals surface area contributed by atoms with E-state index in [1.165, 1.54) is 11.3 Å². The standard InChI is InChI=1S/C14H11Cl2N5OS/c15-9-4-3-8(5-10(9)16)13(22)17-6-11-20-21-12(7-1-2-7)18-19-14(21)23-11/h3-5,7H,1-2,6H2,(H,17,22). The van der Waals surface area contributed by atoms with Crippen LogP contribution in [0.25, 0.3) is 4.96 Å². The molecule has 9 heteroatoms.